The van der Waals surface area contributed by atoms with Crippen LogP contribution in [0.3, 0.4) is 0 Å². The number of aromatic nitrogens is 4. The molecule has 5 heterocycles. The molecule has 1 amide bonds. The summed E-state index contributed by atoms with van der Waals surface area (Å²) in [6.07, 6.45) is 6.11. The number of hydrogen-bond acceptors (Lipinski definition) is 7. The van der Waals surface area contributed by atoms with Gasteiger partial charge in [-0.3, -0.25) is 14.5 Å². The number of amides is 1. The molecule has 0 spiro atoms. The summed E-state index contributed by atoms with van der Waals surface area (Å²) in [5, 5.41) is 19.2. The van der Waals surface area contributed by atoms with E-state index in [0.717, 1.165) is 32.6 Å². The largest absolute Gasteiger partial charge is 0.391 e. The van der Waals surface area contributed by atoms with E-state index in [1.54, 1.807) is 22.2 Å². The third-order valence-electron chi connectivity index (χ3n) is 5.58. The van der Waals surface area contributed by atoms with Gasteiger partial charge >= 0.3 is 0 Å². The maximum Gasteiger partial charge on any atom is 0.270 e. The lowest BCUT2D eigenvalue weighted by atomic mass is 10.0. The Morgan fingerprint density at radius 2 is 2.25 bits per heavy atom. The number of aliphatic hydroxyl groups is 1. The first-order chi connectivity index (χ1) is 15.6. The molecule has 32 heavy (non-hydrogen) atoms. The molecular weight excluding hydrogens is 426 g/mol. The number of carbonyl (C=O) groups is 1. The van der Waals surface area contributed by atoms with Crippen LogP contribution in [-0.4, -0.2) is 56.1 Å². The standard InChI is InChI=1S/C23H23N5O3S/c1-28-12-16(11-25-28)17-3-2-14(10-24-17)8-15-9-19(26-18-5-7-32-22(15)18)23(30)27-20-13-31-6-4-21(20)29/h2-3,5,7,9-12,20-21,29H,4,6,8,13H2,1H3,(H,27,30)/t20-,21-/m0/s1. The number of nitrogens with one attached hydrogen (secondary N) is 1. The Morgan fingerprint density at radius 3 is 3.00 bits per heavy atom. The average molecular weight is 450 g/mol. The molecule has 0 bridgehead atoms. The zero-order valence-corrected chi connectivity index (χ0v) is 18.4. The van der Waals surface area contributed by atoms with E-state index in [9.17, 15) is 9.90 Å². The lowest BCUT2D eigenvalue weighted by Gasteiger charge is -2.28. The zero-order chi connectivity index (χ0) is 22.1. The quantitative estimate of drug-likeness (QED) is 0.486. The highest BCUT2D eigenvalue weighted by Crippen LogP contribution is 2.27. The van der Waals surface area contributed by atoms with Gasteiger partial charge in [0, 0.05) is 38.0 Å². The molecule has 8 nitrogen and oxygen atoms in total. The highest BCUT2D eigenvalue weighted by atomic mass is 32.1. The van der Waals surface area contributed by atoms with Gasteiger partial charge in [-0.2, -0.15) is 5.10 Å². The molecule has 0 radical (unpaired) electrons. The summed E-state index contributed by atoms with van der Waals surface area (Å²) in [6.45, 7) is 0.805. The minimum absolute atomic E-state index is 0.301. The molecule has 1 aliphatic heterocycles. The van der Waals surface area contributed by atoms with Gasteiger partial charge in [-0.05, 0) is 41.1 Å². The van der Waals surface area contributed by atoms with E-state index in [1.165, 1.54) is 0 Å². The Labute approximate surface area is 188 Å². The fraction of sp³-hybridized carbons (Fsp3) is 0.304. The van der Waals surface area contributed by atoms with Crippen LogP contribution in [0.15, 0.2) is 48.2 Å². The SMILES string of the molecule is Cn1cc(-c2ccc(Cc3cc(C(=O)N[C@H]4COCC[C@@H]4O)nc4ccsc34)cn2)cn1. The summed E-state index contributed by atoms with van der Waals surface area (Å²) >= 11 is 1.61. The topological polar surface area (TPSA) is 102 Å². The maximum atomic E-state index is 12.9. The molecule has 4 aromatic rings. The monoisotopic (exact) mass is 449 g/mol. The summed E-state index contributed by atoms with van der Waals surface area (Å²) in [5.41, 5.74) is 5.02. The van der Waals surface area contributed by atoms with Gasteiger partial charge in [-0.15, -0.1) is 11.3 Å². The van der Waals surface area contributed by atoms with Crippen molar-refractivity contribution in [1.29, 1.82) is 0 Å². The van der Waals surface area contributed by atoms with Crippen LogP contribution in [0.5, 0.6) is 0 Å². The van der Waals surface area contributed by atoms with Crippen LogP contribution in [0.25, 0.3) is 21.5 Å². The predicted molar refractivity (Wildman–Crippen MR) is 122 cm³/mol. The summed E-state index contributed by atoms with van der Waals surface area (Å²) in [6, 6.07) is 7.35. The van der Waals surface area contributed by atoms with Gasteiger partial charge < -0.3 is 15.2 Å². The Bertz CT molecular complexity index is 1250. The van der Waals surface area contributed by atoms with Crippen molar-refractivity contribution in [3.05, 3.63) is 65.1 Å². The molecular formula is C23H23N5O3S. The molecule has 5 rings (SSSR count). The Kier molecular flexibility index (Phi) is 5.69. The van der Waals surface area contributed by atoms with Crippen LogP contribution in [0.1, 0.15) is 28.0 Å². The number of nitrogens with zero attached hydrogens (tertiary/aromatic N) is 4. The molecule has 164 valence electrons. The normalized spacial score (nSPS) is 18.7. The number of pyridine rings is 2. The highest BCUT2D eigenvalue weighted by Gasteiger charge is 2.26. The van der Waals surface area contributed by atoms with Crippen molar-refractivity contribution >= 4 is 27.5 Å². The van der Waals surface area contributed by atoms with E-state index in [2.05, 4.69) is 20.4 Å². The van der Waals surface area contributed by atoms with Crippen LogP contribution in [0.4, 0.5) is 0 Å². The summed E-state index contributed by atoms with van der Waals surface area (Å²) in [4.78, 5) is 22.0. The van der Waals surface area contributed by atoms with E-state index in [4.69, 9.17) is 4.74 Å². The lowest BCUT2D eigenvalue weighted by Crippen LogP contribution is -2.49. The van der Waals surface area contributed by atoms with Crippen LogP contribution in [0.2, 0.25) is 0 Å². The van der Waals surface area contributed by atoms with Gasteiger partial charge in [-0.1, -0.05) is 6.07 Å². The van der Waals surface area contributed by atoms with Crippen molar-refractivity contribution in [2.24, 2.45) is 7.05 Å². The predicted octanol–water partition coefficient (Wildman–Crippen LogP) is 2.56. The van der Waals surface area contributed by atoms with E-state index in [0.29, 0.717) is 31.7 Å². The molecule has 9 heteroatoms. The van der Waals surface area contributed by atoms with Crippen LogP contribution >= 0.6 is 11.3 Å². The first-order valence-electron chi connectivity index (χ1n) is 10.4. The number of fused-ring (bicyclic) bond motifs is 1. The molecule has 0 unspecified atom stereocenters. The second-order valence-electron chi connectivity index (χ2n) is 7.94. The van der Waals surface area contributed by atoms with E-state index in [-0.39, 0.29) is 5.91 Å². The fourth-order valence-electron chi connectivity index (χ4n) is 3.85. The highest BCUT2D eigenvalue weighted by molar-refractivity contribution is 7.17. The minimum atomic E-state index is -0.610. The molecule has 2 N–H and O–H groups in total. The third-order valence-corrected chi connectivity index (χ3v) is 6.56. The second kappa shape index (κ2) is 8.78. The maximum absolute atomic E-state index is 12.9. The number of aliphatic hydroxyl groups excluding tert-OH is 1. The molecule has 4 aromatic heterocycles. The van der Waals surface area contributed by atoms with Gasteiger partial charge in [0.05, 0.1) is 40.9 Å². The molecule has 1 saturated heterocycles. The van der Waals surface area contributed by atoms with Crippen LogP contribution in [-0.2, 0) is 18.2 Å². The third kappa shape index (κ3) is 4.27. The lowest BCUT2D eigenvalue weighted by molar-refractivity contribution is -0.0140. The summed E-state index contributed by atoms with van der Waals surface area (Å²) < 4.78 is 8.19. The first kappa shape index (κ1) is 20.7. The van der Waals surface area contributed by atoms with E-state index >= 15 is 0 Å². The molecule has 0 aliphatic carbocycles. The van der Waals surface area contributed by atoms with Crippen molar-refractivity contribution in [3.8, 4) is 11.3 Å². The first-order valence-corrected chi connectivity index (χ1v) is 11.3. The van der Waals surface area contributed by atoms with Gasteiger partial charge in [-0.25, -0.2) is 4.98 Å². The van der Waals surface area contributed by atoms with Crippen LogP contribution < -0.4 is 5.32 Å². The summed E-state index contributed by atoms with van der Waals surface area (Å²) in [5.74, 6) is -0.307. The Hall–Kier alpha value is -3.14. The fourth-order valence-corrected chi connectivity index (χ4v) is 4.70. The minimum Gasteiger partial charge on any atom is -0.391 e. The average Bonchev–Trinajstić information content (AvgIpc) is 3.45. The molecule has 1 fully saturated rings. The Morgan fingerprint density at radius 1 is 1.34 bits per heavy atom. The number of thiophene rings is 1. The van der Waals surface area contributed by atoms with Crippen molar-refractivity contribution in [2.75, 3.05) is 13.2 Å². The Balaban J connectivity index is 1.39. The van der Waals surface area contributed by atoms with Gasteiger partial charge in [0.15, 0.2) is 0 Å². The van der Waals surface area contributed by atoms with Crippen molar-refractivity contribution in [2.45, 2.75) is 25.0 Å². The smallest absolute Gasteiger partial charge is 0.270 e. The summed E-state index contributed by atoms with van der Waals surface area (Å²) in [7, 11) is 1.88. The molecule has 0 saturated carbocycles. The van der Waals surface area contributed by atoms with Gasteiger partial charge in [0.1, 0.15) is 5.69 Å². The second-order valence-corrected chi connectivity index (χ2v) is 8.86. The molecule has 1 aliphatic rings. The van der Waals surface area contributed by atoms with E-state index in [1.807, 2.05) is 49.1 Å². The number of aryl methyl sites for hydroxylation is 1. The number of carbonyl (C=O) groups excluding carboxylic acids is 1. The van der Waals surface area contributed by atoms with Gasteiger partial charge in [0.2, 0.25) is 0 Å². The zero-order valence-electron chi connectivity index (χ0n) is 17.6. The number of hydrogen-bond donors (Lipinski definition) is 2. The van der Waals surface area contributed by atoms with Crippen molar-refractivity contribution in [1.82, 2.24) is 25.1 Å². The number of ether oxygens (including phenoxy) is 1. The van der Waals surface area contributed by atoms with E-state index < -0.39 is 12.1 Å². The van der Waals surface area contributed by atoms with Gasteiger partial charge in [0.25, 0.3) is 5.91 Å². The molecule has 0 aromatic carbocycles. The number of rotatable bonds is 5. The van der Waals surface area contributed by atoms with Crippen molar-refractivity contribution in [3.63, 3.8) is 0 Å². The molecule has 2 atom stereocenters. The van der Waals surface area contributed by atoms with Crippen molar-refractivity contribution < 1.29 is 14.6 Å². The van der Waals surface area contributed by atoms with Crippen LogP contribution in [0, 0.1) is 0 Å².